The van der Waals surface area contributed by atoms with Crippen LogP contribution >= 0.6 is 0 Å². The Bertz CT molecular complexity index is 1300. The Balaban J connectivity index is 1.47. The summed E-state index contributed by atoms with van der Waals surface area (Å²) in [4.78, 5) is 26.6. The minimum atomic E-state index is -0.555. The topological polar surface area (TPSA) is 104 Å². The van der Waals surface area contributed by atoms with Crippen LogP contribution in [0.2, 0.25) is 0 Å². The minimum Gasteiger partial charge on any atom is -0.423 e. The normalized spacial score (nSPS) is 15.8. The molecule has 3 heterocycles. The number of carbonyl (C=O) groups is 1. The van der Waals surface area contributed by atoms with Crippen molar-refractivity contribution in [3.05, 3.63) is 96.0 Å². The molecule has 0 saturated carbocycles. The molecule has 158 valence electrons. The van der Waals surface area contributed by atoms with Crippen LogP contribution in [-0.4, -0.2) is 21.8 Å². The van der Waals surface area contributed by atoms with Gasteiger partial charge in [0.2, 0.25) is 5.96 Å². The molecule has 5 rings (SSSR count). The summed E-state index contributed by atoms with van der Waals surface area (Å²) in [6, 6.07) is 20.3. The van der Waals surface area contributed by atoms with E-state index in [4.69, 9.17) is 9.41 Å². The predicted molar refractivity (Wildman–Crippen MR) is 123 cm³/mol. The summed E-state index contributed by atoms with van der Waals surface area (Å²) in [5.41, 5.74) is 4.09. The Labute approximate surface area is 184 Å². The van der Waals surface area contributed by atoms with Gasteiger partial charge in [0.25, 0.3) is 5.91 Å². The summed E-state index contributed by atoms with van der Waals surface area (Å²) in [6.07, 6.45) is 3.39. The highest BCUT2D eigenvalue weighted by molar-refractivity contribution is 6.07. The van der Waals surface area contributed by atoms with Crippen molar-refractivity contribution in [2.75, 3.05) is 10.6 Å². The predicted octanol–water partition coefficient (Wildman–Crippen LogP) is 4.25. The molecular formula is C24H20N6O2. The van der Waals surface area contributed by atoms with Crippen LogP contribution in [0.3, 0.4) is 0 Å². The smallest absolute Gasteiger partial charge is 0.302 e. The van der Waals surface area contributed by atoms with Crippen molar-refractivity contribution in [1.29, 1.82) is 0 Å². The van der Waals surface area contributed by atoms with Gasteiger partial charge in [0.05, 0.1) is 5.57 Å². The van der Waals surface area contributed by atoms with Crippen molar-refractivity contribution < 1.29 is 9.21 Å². The fourth-order valence-electron chi connectivity index (χ4n) is 3.56. The number of para-hydroxylation sites is 3. The van der Waals surface area contributed by atoms with Crippen LogP contribution in [0.4, 0.5) is 11.7 Å². The maximum atomic E-state index is 13.2. The molecule has 1 aliphatic heterocycles. The number of pyridine rings is 1. The maximum Gasteiger partial charge on any atom is 0.302 e. The molecule has 2 aromatic carbocycles. The van der Waals surface area contributed by atoms with Gasteiger partial charge in [-0.2, -0.15) is 4.98 Å². The molecule has 1 atom stereocenters. The number of aromatic nitrogens is 2. The molecule has 2 aromatic heterocycles. The number of amides is 1. The highest BCUT2D eigenvalue weighted by Gasteiger charge is 2.30. The number of carbonyl (C=O) groups excluding carboxylic acids is 1. The second kappa shape index (κ2) is 8.35. The lowest BCUT2D eigenvalue weighted by Crippen LogP contribution is -2.37. The highest BCUT2D eigenvalue weighted by Crippen LogP contribution is 2.31. The van der Waals surface area contributed by atoms with E-state index in [1.807, 2.05) is 73.7 Å². The van der Waals surface area contributed by atoms with Gasteiger partial charge in [0, 0.05) is 23.8 Å². The minimum absolute atomic E-state index is 0.236. The third-order valence-electron chi connectivity index (χ3n) is 5.04. The number of hydrogen-bond donors (Lipinski definition) is 3. The van der Waals surface area contributed by atoms with Crippen LogP contribution in [0.15, 0.2) is 99.8 Å². The molecule has 1 amide bonds. The monoisotopic (exact) mass is 424 g/mol. The largest absolute Gasteiger partial charge is 0.423 e. The van der Waals surface area contributed by atoms with Crippen molar-refractivity contribution in [3.63, 3.8) is 0 Å². The van der Waals surface area contributed by atoms with E-state index in [9.17, 15) is 4.79 Å². The van der Waals surface area contributed by atoms with Gasteiger partial charge in [0.15, 0.2) is 5.58 Å². The maximum absolute atomic E-state index is 13.2. The SMILES string of the molecule is CC1=C(C(=O)Nc2ccccc2)C(c2cccnc2)N=C(Nc2nc3ccccc3o2)N1. The number of fused-ring (bicyclic) bond motifs is 1. The Hall–Kier alpha value is -4.46. The number of anilines is 2. The Morgan fingerprint density at radius 1 is 1.03 bits per heavy atom. The molecule has 8 heteroatoms. The molecule has 1 unspecified atom stereocenters. The van der Waals surface area contributed by atoms with Crippen molar-refractivity contribution >= 4 is 34.7 Å². The molecule has 32 heavy (non-hydrogen) atoms. The second-order valence-corrected chi connectivity index (χ2v) is 7.26. The number of aliphatic imine (C=N–C) groups is 1. The first-order chi connectivity index (χ1) is 15.7. The lowest BCUT2D eigenvalue weighted by Gasteiger charge is -2.26. The first-order valence-electron chi connectivity index (χ1n) is 10.1. The number of guanidine groups is 1. The van der Waals surface area contributed by atoms with Gasteiger partial charge < -0.3 is 15.1 Å². The number of hydrogen-bond acceptors (Lipinski definition) is 7. The van der Waals surface area contributed by atoms with Crippen molar-refractivity contribution in [2.24, 2.45) is 4.99 Å². The van der Waals surface area contributed by atoms with E-state index in [-0.39, 0.29) is 5.91 Å². The van der Waals surface area contributed by atoms with Crippen molar-refractivity contribution in [2.45, 2.75) is 13.0 Å². The van der Waals surface area contributed by atoms with Crippen LogP contribution in [0.1, 0.15) is 18.5 Å². The Morgan fingerprint density at radius 3 is 2.62 bits per heavy atom. The van der Waals surface area contributed by atoms with Crippen LogP contribution in [0.5, 0.6) is 0 Å². The van der Waals surface area contributed by atoms with E-state index in [2.05, 4.69) is 25.9 Å². The van der Waals surface area contributed by atoms with Gasteiger partial charge in [-0.15, -0.1) is 0 Å². The average Bonchev–Trinajstić information content (AvgIpc) is 3.22. The highest BCUT2D eigenvalue weighted by atomic mass is 16.4. The van der Waals surface area contributed by atoms with Gasteiger partial charge in [-0.25, -0.2) is 4.99 Å². The molecule has 4 aromatic rings. The van der Waals surface area contributed by atoms with E-state index in [0.717, 1.165) is 11.1 Å². The molecule has 0 saturated heterocycles. The first-order valence-corrected chi connectivity index (χ1v) is 10.1. The molecule has 0 radical (unpaired) electrons. The van der Waals surface area contributed by atoms with Crippen molar-refractivity contribution in [3.8, 4) is 0 Å². The van der Waals surface area contributed by atoms with Gasteiger partial charge in [-0.05, 0) is 42.8 Å². The molecule has 3 N–H and O–H groups in total. The second-order valence-electron chi connectivity index (χ2n) is 7.26. The zero-order valence-electron chi connectivity index (χ0n) is 17.2. The molecular weight excluding hydrogens is 404 g/mol. The third-order valence-corrected chi connectivity index (χ3v) is 5.04. The lowest BCUT2D eigenvalue weighted by atomic mass is 9.97. The van der Waals surface area contributed by atoms with E-state index < -0.39 is 6.04 Å². The lowest BCUT2D eigenvalue weighted by molar-refractivity contribution is -0.113. The number of nitrogens with one attached hydrogen (secondary N) is 3. The number of rotatable bonds is 4. The van der Waals surface area contributed by atoms with Crippen LogP contribution in [-0.2, 0) is 4.79 Å². The number of allylic oxidation sites excluding steroid dienone is 1. The molecule has 0 spiro atoms. The van der Waals surface area contributed by atoms with Crippen LogP contribution < -0.4 is 16.0 Å². The number of oxazole rings is 1. The van der Waals surface area contributed by atoms with Gasteiger partial charge in [-0.1, -0.05) is 36.4 Å². The van der Waals surface area contributed by atoms with E-state index in [1.54, 1.807) is 12.4 Å². The molecule has 0 bridgehead atoms. The van der Waals surface area contributed by atoms with E-state index in [1.165, 1.54) is 0 Å². The number of benzene rings is 2. The van der Waals surface area contributed by atoms with Gasteiger partial charge in [-0.3, -0.25) is 15.1 Å². The molecule has 0 fully saturated rings. The first kappa shape index (κ1) is 19.5. The standard InChI is InChI=1S/C24H20N6O2/c1-15-20(22(31)27-17-9-3-2-4-10-17)21(16-8-7-13-25-14-16)29-23(26-15)30-24-28-18-11-5-6-12-19(18)32-24/h2-14,21H,1H3,(H,27,31)(H2,26,28,29,30). The van der Waals surface area contributed by atoms with E-state index in [0.29, 0.717) is 34.5 Å². The fraction of sp³-hybridized carbons (Fsp3) is 0.0833. The summed E-state index contributed by atoms with van der Waals surface area (Å²) < 4.78 is 5.75. The zero-order valence-corrected chi connectivity index (χ0v) is 17.2. The van der Waals surface area contributed by atoms with Gasteiger partial charge in [0.1, 0.15) is 11.6 Å². The summed E-state index contributed by atoms with van der Waals surface area (Å²) in [7, 11) is 0. The Morgan fingerprint density at radius 2 is 1.84 bits per heavy atom. The average molecular weight is 424 g/mol. The van der Waals surface area contributed by atoms with Gasteiger partial charge >= 0.3 is 6.01 Å². The van der Waals surface area contributed by atoms with Crippen LogP contribution in [0.25, 0.3) is 11.1 Å². The third kappa shape index (κ3) is 3.93. The summed E-state index contributed by atoms with van der Waals surface area (Å²) >= 11 is 0. The summed E-state index contributed by atoms with van der Waals surface area (Å²) in [5.74, 6) is 0.193. The quantitative estimate of drug-likeness (QED) is 0.452. The van der Waals surface area contributed by atoms with E-state index >= 15 is 0 Å². The molecule has 8 nitrogen and oxygen atoms in total. The zero-order chi connectivity index (χ0) is 21.9. The summed E-state index contributed by atoms with van der Waals surface area (Å²) in [5, 5.41) is 9.19. The Kier molecular flexibility index (Phi) is 5.09. The number of nitrogens with zero attached hydrogens (tertiary/aromatic N) is 3. The summed E-state index contributed by atoms with van der Waals surface area (Å²) in [6.45, 7) is 1.84. The molecule has 0 aliphatic carbocycles. The van der Waals surface area contributed by atoms with Crippen molar-refractivity contribution in [1.82, 2.24) is 15.3 Å². The molecule has 1 aliphatic rings. The van der Waals surface area contributed by atoms with Crippen LogP contribution in [0, 0.1) is 0 Å². The fourth-order valence-corrected chi connectivity index (χ4v) is 3.56.